The molecule has 0 aromatic heterocycles. The standard InChI is InChI=1S/C19H24O2/c1-14-6-5-7-15(2)18(14)13-19(3,20)12-16-8-10-17(21-4)11-9-16/h5-11,20H,12-13H2,1-4H3. The van der Waals surface area contributed by atoms with Gasteiger partial charge in [-0.3, -0.25) is 0 Å². The van der Waals surface area contributed by atoms with Gasteiger partial charge in [0.2, 0.25) is 0 Å². The largest absolute Gasteiger partial charge is 0.497 e. The third-order valence-electron chi connectivity index (χ3n) is 3.95. The van der Waals surface area contributed by atoms with Crippen LogP contribution >= 0.6 is 0 Å². The predicted octanol–water partition coefficient (Wildman–Crippen LogP) is 3.85. The van der Waals surface area contributed by atoms with Gasteiger partial charge in [0.05, 0.1) is 12.7 Å². The summed E-state index contributed by atoms with van der Waals surface area (Å²) in [5.74, 6) is 0.841. The first kappa shape index (κ1) is 15.6. The van der Waals surface area contributed by atoms with Crippen LogP contribution in [0, 0.1) is 13.8 Å². The summed E-state index contributed by atoms with van der Waals surface area (Å²) >= 11 is 0. The highest BCUT2D eigenvalue weighted by atomic mass is 16.5. The van der Waals surface area contributed by atoms with Gasteiger partial charge in [-0.1, -0.05) is 30.3 Å². The number of hydrogen-bond acceptors (Lipinski definition) is 2. The van der Waals surface area contributed by atoms with Crippen molar-refractivity contribution in [1.29, 1.82) is 0 Å². The van der Waals surface area contributed by atoms with Crippen LogP contribution in [-0.4, -0.2) is 17.8 Å². The summed E-state index contributed by atoms with van der Waals surface area (Å²) in [6.45, 7) is 6.11. The Morgan fingerprint density at radius 1 is 0.952 bits per heavy atom. The van der Waals surface area contributed by atoms with Gasteiger partial charge in [-0.15, -0.1) is 0 Å². The molecule has 1 atom stereocenters. The summed E-state index contributed by atoms with van der Waals surface area (Å²) < 4.78 is 5.16. The zero-order valence-corrected chi connectivity index (χ0v) is 13.3. The van der Waals surface area contributed by atoms with Crippen molar-refractivity contribution in [3.63, 3.8) is 0 Å². The molecule has 2 aromatic rings. The third kappa shape index (κ3) is 4.08. The second kappa shape index (κ2) is 6.31. The van der Waals surface area contributed by atoms with Gasteiger partial charge in [-0.25, -0.2) is 0 Å². The van der Waals surface area contributed by atoms with Crippen molar-refractivity contribution in [3.8, 4) is 5.75 Å². The summed E-state index contributed by atoms with van der Waals surface area (Å²) in [5.41, 5.74) is 4.09. The van der Waals surface area contributed by atoms with Crippen molar-refractivity contribution in [1.82, 2.24) is 0 Å². The topological polar surface area (TPSA) is 29.5 Å². The summed E-state index contributed by atoms with van der Waals surface area (Å²) in [5, 5.41) is 10.8. The predicted molar refractivity (Wildman–Crippen MR) is 86.9 cm³/mol. The van der Waals surface area contributed by atoms with E-state index in [0.717, 1.165) is 11.3 Å². The average molecular weight is 284 g/mol. The summed E-state index contributed by atoms with van der Waals surface area (Å²) in [7, 11) is 1.66. The Morgan fingerprint density at radius 2 is 1.52 bits per heavy atom. The molecule has 21 heavy (non-hydrogen) atoms. The van der Waals surface area contributed by atoms with Crippen molar-refractivity contribution in [3.05, 3.63) is 64.7 Å². The van der Waals surface area contributed by atoms with E-state index in [9.17, 15) is 5.11 Å². The van der Waals surface area contributed by atoms with Crippen molar-refractivity contribution in [2.24, 2.45) is 0 Å². The second-order valence-electron chi connectivity index (χ2n) is 6.07. The maximum Gasteiger partial charge on any atom is 0.118 e. The molecule has 0 fully saturated rings. The fourth-order valence-corrected chi connectivity index (χ4v) is 2.75. The van der Waals surface area contributed by atoms with Crippen LogP contribution in [0.3, 0.4) is 0 Å². The molecule has 1 unspecified atom stereocenters. The van der Waals surface area contributed by atoms with Crippen LogP contribution in [0.1, 0.15) is 29.2 Å². The van der Waals surface area contributed by atoms with E-state index in [0.29, 0.717) is 12.8 Å². The molecule has 0 bridgehead atoms. The van der Waals surface area contributed by atoms with Gasteiger partial charge >= 0.3 is 0 Å². The number of aliphatic hydroxyl groups is 1. The fraction of sp³-hybridized carbons (Fsp3) is 0.368. The molecule has 0 saturated heterocycles. The van der Waals surface area contributed by atoms with E-state index in [2.05, 4.69) is 32.0 Å². The normalized spacial score (nSPS) is 13.8. The van der Waals surface area contributed by atoms with E-state index in [1.807, 2.05) is 31.2 Å². The van der Waals surface area contributed by atoms with Crippen LogP contribution in [0.25, 0.3) is 0 Å². The summed E-state index contributed by atoms with van der Waals surface area (Å²) in [6.07, 6.45) is 1.29. The quantitative estimate of drug-likeness (QED) is 0.903. The van der Waals surface area contributed by atoms with Crippen molar-refractivity contribution >= 4 is 0 Å². The van der Waals surface area contributed by atoms with Crippen LogP contribution in [0.2, 0.25) is 0 Å². The van der Waals surface area contributed by atoms with Gasteiger partial charge in [0.15, 0.2) is 0 Å². The van der Waals surface area contributed by atoms with Crippen LogP contribution in [-0.2, 0) is 12.8 Å². The molecule has 0 saturated carbocycles. The SMILES string of the molecule is COc1ccc(CC(C)(O)Cc2c(C)cccc2C)cc1. The van der Waals surface area contributed by atoms with Crippen LogP contribution in [0.15, 0.2) is 42.5 Å². The van der Waals surface area contributed by atoms with Gasteiger partial charge < -0.3 is 9.84 Å². The molecule has 0 aliphatic rings. The number of rotatable bonds is 5. The maximum absolute atomic E-state index is 10.8. The molecule has 0 aliphatic heterocycles. The van der Waals surface area contributed by atoms with Crippen molar-refractivity contribution < 1.29 is 9.84 Å². The van der Waals surface area contributed by atoms with E-state index >= 15 is 0 Å². The molecular formula is C19H24O2. The van der Waals surface area contributed by atoms with E-state index in [1.54, 1.807) is 7.11 Å². The highest BCUT2D eigenvalue weighted by molar-refractivity contribution is 5.35. The van der Waals surface area contributed by atoms with Crippen LogP contribution in [0.5, 0.6) is 5.75 Å². The first-order chi connectivity index (χ1) is 9.91. The fourth-order valence-electron chi connectivity index (χ4n) is 2.75. The number of aryl methyl sites for hydroxylation is 2. The maximum atomic E-state index is 10.8. The Labute approximate surface area is 127 Å². The first-order valence-corrected chi connectivity index (χ1v) is 7.32. The van der Waals surface area contributed by atoms with Gasteiger partial charge in [-0.05, 0) is 55.2 Å². The monoisotopic (exact) mass is 284 g/mol. The number of benzene rings is 2. The minimum Gasteiger partial charge on any atom is -0.497 e. The minimum absolute atomic E-state index is 0.630. The number of ether oxygens (including phenoxy) is 1. The Morgan fingerprint density at radius 3 is 2.05 bits per heavy atom. The summed E-state index contributed by atoms with van der Waals surface area (Å²) in [6, 6.07) is 14.2. The second-order valence-corrected chi connectivity index (χ2v) is 6.07. The molecular weight excluding hydrogens is 260 g/mol. The smallest absolute Gasteiger partial charge is 0.118 e. The van der Waals surface area contributed by atoms with E-state index in [-0.39, 0.29) is 0 Å². The Balaban J connectivity index is 2.14. The lowest BCUT2D eigenvalue weighted by Gasteiger charge is -2.25. The van der Waals surface area contributed by atoms with Gasteiger partial charge in [0.1, 0.15) is 5.75 Å². The molecule has 2 rings (SSSR count). The molecule has 2 heteroatoms. The van der Waals surface area contributed by atoms with Crippen LogP contribution in [0.4, 0.5) is 0 Å². The lowest BCUT2D eigenvalue weighted by Crippen LogP contribution is -2.30. The molecule has 112 valence electrons. The minimum atomic E-state index is -0.758. The Bertz CT molecular complexity index is 577. The third-order valence-corrected chi connectivity index (χ3v) is 3.95. The van der Waals surface area contributed by atoms with Gasteiger partial charge in [0.25, 0.3) is 0 Å². The Kier molecular flexibility index (Phi) is 4.69. The average Bonchev–Trinajstić information content (AvgIpc) is 2.43. The molecule has 0 aliphatic carbocycles. The molecule has 0 heterocycles. The zero-order chi connectivity index (χ0) is 15.5. The van der Waals surface area contributed by atoms with Gasteiger partial charge in [-0.2, -0.15) is 0 Å². The van der Waals surface area contributed by atoms with Gasteiger partial charge in [0, 0.05) is 12.8 Å². The van der Waals surface area contributed by atoms with E-state index < -0.39 is 5.60 Å². The molecule has 0 radical (unpaired) electrons. The lowest BCUT2D eigenvalue weighted by atomic mass is 9.86. The van der Waals surface area contributed by atoms with E-state index in [1.165, 1.54) is 16.7 Å². The van der Waals surface area contributed by atoms with E-state index in [4.69, 9.17) is 4.74 Å². The zero-order valence-electron chi connectivity index (χ0n) is 13.3. The highest BCUT2D eigenvalue weighted by Gasteiger charge is 2.23. The Hall–Kier alpha value is -1.80. The van der Waals surface area contributed by atoms with Crippen molar-refractivity contribution in [2.75, 3.05) is 7.11 Å². The summed E-state index contributed by atoms with van der Waals surface area (Å²) in [4.78, 5) is 0. The molecule has 2 nitrogen and oxygen atoms in total. The number of methoxy groups -OCH3 is 1. The highest BCUT2D eigenvalue weighted by Crippen LogP contribution is 2.24. The molecule has 1 N–H and O–H groups in total. The molecule has 0 amide bonds. The molecule has 0 spiro atoms. The lowest BCUT2D eigenvalue weighted by molar-refractivity contribution is 0.0605. The first-order valence-electron chi connectivity index (χ1n) is 7.32. The molecule has 2 aromatic carbocycles. The van der Waals surface area contributed by atoms with Crippen LogP contribution < -0.4 is 4.74 Å². The number of hydrogen-bond donors (Lipinski definition) is 1. The van der Waals surface area contributed by atoms with Crippen molar-refractivity contribution in [2.45, 2.75) is 39.2 Å².